The maximum Gasteiger partial charge on any atom is 0.242 e. The number of aryl methyl sites for hydroxylation is 1. The SMILES string of the molecule is Cc1ccc(S(=O)(=O)N(C)CCNC(=O)C(C)Cc2ccccc2)cc1. The molecule has 0 aliphatic carbocycles. The van der Waals surface area contributed by atoms with Crippen LogP contribution in [0.5, 0.6) is 0 Å². The van der Waals surface area contributed by atoms with Crippen molar-refractivity contribution in [3.8, 4) is 0 Å². The molecule has 1 amide bonds. The molecule has 0 saturated heterocycles. The summed E-state index contributed by atoms with van der Waals surface area (Å²) in [6.45, 7) is 4.28. The molecule has 1 atom stereocenters. The monoisotopic (exact) mass is 374 g/mol. The molecule has 6 heteroatoms. The minimum atomic E-state index is -3.54. The third-order valence-electron chi connectivity index (χ3n) is 4.29. The van der Waals surface area contributed by atoms with Gasteiger partial charge in [-0.3, -0.25) is 4.79 Å². The number of carbonyl (C=O) groups excluding carboxylic acids is 1. The summed E-state index contributed by atoms with van der Waals surface area (Å²) in [5, 5.41) is 2.82. The molecule has 26 heavy (non-hydrogen) atoms. The van der Waals surface area contributed by atoms with Crippen LogP contribution in [0.3, 0.4) is 0 Å². The van der Waals surface area contributed by atoms with E-state index >= 15 is 0 Å². The van der Waals surface area contributed by atoms with Gasteiger partial charge in [0.25, 0.3) is 0 Å². The Kier molecular flexibility index (Phi) is 6.94. The first-order chi connectivity index (χ1) is 12.3. The number of benzene rings is 2. The van der Waals surface area contributed by atoms with Gasteiger partial charge in [-0.2, -0.15) is 4.31 Å². The summed E-state index contributed by atoms with van der Waals surface area (Å²) in [5.41, 5.74) is 2.11. The van der Waals surface area contributed by atoms with Gasteiger partial charge in [-0.1, -0.05) is 55.0 Å². The Morgan fingerprint density at radius 2 is 1.69 bits per heavy atom. The van der Waals surface area contributed by atoms with Crippen molar-refractivity contribution in [3.63, 3.8) is 0 Å². The number of nitrogens with zero attached hydrogens (tertiary/aromatic N) is 1. The van der Waals surface area contributed by atoms with E-state index in [2.05, 4.69) is 5.32 Å². The second-order valence-electron chi connectivity index (χ2n) is 6.52. The lowest BCUT2D eigenvalue weighted by Crippen LogP contribution is -2.38. The molecule has 0 heterocycles. The number of amides is 1. The van der Waals surface area contributed by atoms with E-state index in [0.717, 1.165) is 11.1 Å². The van der Waals surface area contributed by atoms with Gasteiger partial charge in [0.1, 0.15) is 0 Å². The van der Waals surface area contributed by atoms with Crippen LogP contribution in [0.25, 0.3) is 0 Å². The first kappa shape index (κ1) is 20.1. The summed E-state index contributed by atoms with van der Waals surface area (Å²) < 4.78 is 26.3. The number of nitrogens with one attached hydrogen (secondary N) is 1. The number of likely N-dealkylation sites (N-methyl/N-ethyl adjacent to an activating group) is 1. The van der Waals surface area contributed by atoms with Gasteiger partial charge >= 0.3 is 0 Å². The third-order valence-corrected chi connectivity index (χ3v) is 6.16. The fourth-order valence-corrected chi connectivity index (χ4v) is 3.75. The van der Waals surface area contributed by atoms with Gasteiger partial charge in [0, 0.05) is 26.1 Å². The molecule has 2 aromatic rings. The van der Waals surface area contributed by atoms with E-state index in [1.807, 2.05) is 44.2 Å². The lowest BCUT2D eigenvalue weighted by molar-refractivity contribution is -0.124. The van der Waals surface area contributed by atoms with E-state index in [1.165, 1.54) is 11.4 Å². The van der Waals surface area contributed by atoms with E-state index < -0.39 is 10.0 Å². The van der Waals surface area contributed by atoms with Crippen LogP contribution in [0.15, 0.2) is 59.5 Å². The molecule has 0 fully saturated rings. The maximum atomic E-state index is 12.5. The first-order valence-electron chi connectivity index (χ1n) is 8.65. The van der Waals surface area contributed by atoms with E-state index in [9.17, 15) is 13.2 Å². The summed E-state index contributed by atoms with van der Waals surface area (Å²) in [6.07, 6.45) is 0.657. The Balaban J connectivity index is 1.84. The molecule has 0 spiro atoms. The van der Waals surface area contributed by atoms with Gasteiger partial charge in [-0.05, 0) is 31.0 Å². The Labute approximate surface area is 156 Å². The van der Waals surface area contributed by atoms with Crippen molar-refractivity contribution in [2.45, 2.75) is 25.2 Å². The van der Waals surface area contributed by atoms with Crippen molar-refractivity contribution in [3.05, 3.63) is 65.7 Å². The normalized spacial score (nSPS) is 12.8. The van der Waals surface area contributed by atoms with Crippen molar-refractivity contribution in [2.24, 2.45) is 5.92 Å². The zero-order valence-corrected chi connectivity index (χ0v) is 16.3. The second-order valence-corrected chi connectivity index (χ2v) is 8.57. The average Bonchev–Trinajstić information content (AvgIpc) is 2.62. The van der Waals surface area contributed by atoms with Crippen LogP contribution in [0.1, 0.15) is 18.1 Å². The number of carbonyl (C=O) groups is 1. The van der Waals surface area contributed by atoms with Gasteiger partial charge in [-0.15, -0.1) is 0 Å². The standard InChI is InChI=1S/C20H26N2O3S/c1-16-9-11-19(12-10-16)26(24,25)22(3)14-13-21-20(23)17(2)15-18-7-5-4-6-8-18/h4-12,17H,13-15H2,1-3H3,(H,21,23). The highest BCUT2D eigenvalue weighted by molar-refractivity contribution is 7.89. The summed E-state index contributed by atoms with van der Waals surface area (Å²) in [7, 11) is -2.02. The van der Waals surface area contributed by atoms with Crippen LogP contribution in [0.2, 0.25) is 0 Å². The maximum absolute atomic E-state index is 12.5. The van der Waals surface area contributed by atoms with Gasteiger partial charge in [0.15, 0.2) is 0 Å². The predicted octanol–water partition coefficient (Wildman–Crippen LogP) is 2.61. The molecule has 2 aromatic carbocycles. The molecule has 0 aliphatic heterocycles. The number of rotatable bonds is 8. The fraction of sp³-hybridized carbons (Fsp3) is 0.350. The van der Waals surface area contributed by atoms with E-state index in [4.69, 9.17) is 0 Å². The Hall–Kier alpha value is -2.18. The van der Waals surface area contributed by atoms with Crippen molar-refractivity contribution in [1.29, 1.82) is 0 Å². The lowest BCUT2D eigenvalue weighted by Gasteiger charge is -2.18. The fourth-order valence-electron chi connectivity index (χ4n) is 2.58. The van der Waals surface area contributed by atoms with Gasteiger partial charge in [0.2, 0.25) is 15.9 Å². The van der Waals surface area contributed by atoms with Crippen LogP contribution >= 0.6 is 0 Å². The zero-order chi connectivity index (χ0) is 19.2. The summed E-state index contributed by atoms with van der Waals surface area (Å²) in [5.74, 6) is -0.244. The third kappa shape index (κ3) is 5.41. The molecule has 0 aliphatic rings. The van der Waals surface area contributed by atoms with Crippen molar-refractivity contribution >= 4 is 15.9 Å². The number of hydrogen-bond donors (Lipinski definition) is 1. The molecular formula is C20H26N2O3S. The molecule has 2 rings (SSSR count). The highest BCUT2D eigenvalue weighted by atomic mass is 32.2. The number of hydrogen-bond acceptors (Lipinski definition) is 3. The van der Waals surface area contributed by atoms with Gasteiger partial charge in [0.05, 0.1) is 4.90 Å². The van der Waals surface area contributed by atoms with Gasteiger partial charge < -0.3 is 5.32 Å². The highest BCUT2D eigenvalue weighted by Gasteiger charge is 2.20. The lowest BCUT2D eigenvalue weighted by atomic mass is 10.0. The quantitative estimate of drug-likeness (QED) is 0.772. The zero-order valence-electron chi connectivity index (χ0n) is 15.5. The van der Waals surface area contributed by atoms with E-state index in [1.54, 1.807) is 24.3 Å². The smallest absolute Gasteiger partial charge is 0.242 e. The molecule has 1 unspecified atom stereocenters. The van der Waals surface area contributed by atoms with Crippen molar-refractivity contribution < 1.29 is 13.2 Å². The van der Waals surface area contributed by atoms with Gasteiger partial charge in [-0.25, -0.2) is 8.42 Å². The topological polar surface area (TPSA) is 66.5 Å². The van der Waals surface area contributed by atoms with Crippen molar-refractivity contribution in [2.75, 3.05) is 20.1 Å². The van der Waals surface area contributed by atoms with E-state index in [0.29, 0.717) is 6.42 Å². The summed E-state index contributed by atoms with van der Waals surface area (Å²) in [4.78, 5) is 12.5. The van der Waals surface area contributed by atoms with Crippen LogP contribution in [0, 0.1) is 12.8 Å². The Morgan fingerprint density at radius 1 is 1.08 bits per heavy atom. The minimum absolute atomic E-state index is 0.0741. The minimum Gasteiger partial charge on any atom is -0.355 e. The summed E-state index contributed by atoms with van der Waals surface area (Å²) >= 11 is 0. The average molecular weight is 375 g/mol. The highest BCUT2D eigenvalue weighted by Crippen LogP contribution is 2.14. The molecular weight excluding hydrogens is 348 g/mol. The molecule has 0 aromatic heterocycles. The largest absolute Gasteiger partial charge is 0.355 e. The molecule has 0 bridgehead atoms. The van der Waals surface area contributed by atoms with Crippen LogP contribution in [-0.4, -0.2) is 38.8 Å². The molecule has 1 N–H and O–H groups in total. The molecule has 140 valence electrons. The Morgan fingerprint density at radius 3 is 2.31 bits per heavy atom. The number of sulfonamides is 1. The Bertz CT molecular complexity index is 818. The van der Waals surface area contributed by atoms with Crippen LogP contribution in [-0.2, 0) is 21.2 Å². The van der Waals surface area contributed by atoms with Crippen LogP contribution < -0.4 is 5.32 Å². The first-order valence-corrected chi connectivity index (χ1v) is 10.1. The molecule has 5 nitrogen and oxygen atoms in total. The second kappa shape index (κ2) is 8.96. The summed E-state index contributed by atoms with van der Waals surface area (Å²) in [6, 6.07) is 16.6. The molecule has 0 saturated carbocycles. The van der Waals surface area contributed by atoms with Crippen LogP contribution in [0.4, 0.5) is 0 Å². The predicted molar refractivity (Wildman–Crippen MR) is 103 cm³/mol. The van der Waals surface area contributed by atoms with E-state index in [-0.39, 0.29) is 29.8 Å². The van der Waals surface area contributed by atoms with Crippen molar-refractivity contribution in [1.82, 2.24) is 9.62 Å². The molecule has 0 radical (unpaired) electrons.